The van der Waals surface area contributed by atoms with E-state index < -0.39 is 5.97 Å². The molecule has 0 aliphatic carbocycles. The van der Waals surface area contributed by atoms with E-state index >= 15 is 0 Å². The first-order valence-electron chi connectivity index (χ1n) is 6.92. The van der Waals surface area contributed by atoms with Crippen molar-refractivity contribution < 1.29 is 23.4 Å². The van der Waals surface area contributed by atoms with Crippen LogP contribution in [-0.4, -0.2) is 26.1 Å². The topological polar surface area (TPSA) is 70.3 Å². The number of benzene rings is 1. The number of furan rings is 1. The average molecular weight is 313 g/mol. The van der Waals surface area contributed by atoms with Gasteiger partial charge >= 0.3 is 5.97 Å². The Morgan fingerprint density at radius 1 is 1.09 bits per heavy atom. The Morgan fingerprint density at radius 3 is 2.52 bits per heavy atom. The van der Waals surface area contributed by atoms with Gasteiger partial charge in [0.25, 0.3) is 0 Å². The van der Waals surface area contributed by atoms with Crippen molar-refractivity contribution in [3.63, 3.8) is 0 Å². The van der Waals surface area contributed by atoms with Crippen molar-refractivity contribution in [3.8, 4) is 11.5 Å². The van der Waals surface area contributed by atoms with Gasteiger partial charge in [-0.25, -0.2) is 9.79 Å². The molecule has 0 spiro atoms. The fraction of sp³-hybridized carbons (Fsp3) is 0.176. The van der Waals surface area contributed by atoms with Gasteiger partial charge in [0, 0.05) is 11.6 Å². The summed E-state index contributed by atoms with van der Waals surface area (Å²) in [5, 5.41) is 0. The fourth-order valence-corrected chi connectivity index (χ4v) is 2.17. The molecule has 0 amide bonds. The molecule has 0 saturated heterocycles. The molecule has 1 aliphatic heterocycles. The van der Waals surface area contributed by atoms with Crippen LogP contribution in [0.5, 0.6) is 11.5 Å². The predicted molar refractivity (Wildman–Crippen MR) is 83.6 cm³/mol. The molecule has 2 heterocycles. The molecule has 2 aromatic rings. The Balaban J connectivity index is 1.93. The molecule has 0 unspecified atom stereocenters. The summed E-state index contributed by atoms with van der Waals surface area (Å²) in [6, 6.07) is 8.74. The number of cyclic esters (lactones) is 1. The minimum Gasteiger partial charge on any atom is -0.493 e. The summed E-state index contributed by atoms with van der Waals surface area (Å²) in [6.45, 7) is 1.83. The fourth-order valence-electron chi connectivity index (χ4n) is 2.17. The monoisotopic (exact) mass is 313 g/mol. The van der Waals surface area contributed by atoms with E-state index in [1.807, 2.05) is 13.0 Å². The van der Waals surface area contributed by atoms with Crippen LogP contribution in [0, 0.1) is 6.92 Å². The third-order valence-electron chi connectivity index (χ3n) is 3.29. The van der Waals surface area contributed by atoms with Crippen molar-refractivity contribution in [2.24, 2.45) is 4.99 Å². The van der Waals surface area contributed by atoms with E-state index in [9.17, 15) is 4.79 Å². The lowest BCUT2D eigenvalue weighted by Crippen LogP contribution is -2.05. The highest BCUT2D eigenvalue weighted by atomic mass is 16.6. The van der Waals surface area contributed by atoms with Crippen LogP contribution in [0.2, 0.25) is 0 Å². The van der Waals surface area contributed by atoms with E-state index in [-0.39, 0.29) is 11.6 Å². The maximum Gasteiger partial charge on any atom is 0.363 e. The second kappa shape index (κ2) is 6.00. The Labute approximate surface area is 133 Å². The third kappa shape index (κ3) is 2.96. The van der Waals surface area contributed by atoms with Crippen LogP contribution < -0.4 is 9.47 Å². The van der Waals surface area contributed by atoms with Crippen LogP contribution in [0.3, 0.4) is 0 Å². The molecular formula is C17H15NO5. The average Bonchev–Trinajstić information content (AvgIpc) is 3.13. The van der Waals surface area contributed by atoms with Crippen molar-refractivity contribution in [2.45, 2.75) is 6.92 Å². The number of rotatable bonds is 4. The summed E-state index contributed by atoms with van der Waals surface area (Å²) in [5.74, 6) is 2.11. The number of methoxy groups -OCH3 is 2. The quantitative estimate of drug-likeness (QED) is 0.641. The minimum atomic E-state index is -0.524. The molecule has 0 radical (unpaired) electrons. The number of esters is 1. The van der Waals surface area contributed by atoms with Crippen molar-refractivity contribution in [3.05, 3.63) is 53.1 Å². The lowest BCUT2D eigenvalue weighted by atomic mass is 10.2. The van der Waals surface area contributed by atoms with Gasteiger partial charge in [-0.1, -0.05) is 0 Å². The standard InChI is InChI=1S/C17H15NO5/c1-10-4-6-12(22-10)9-13-17(19)23-16(18-13)11-5-7-14(20-2)15(8-11)21-3/h4-9H,1-3H3/b13-9-. The molecule has 23 heavy (non-hydrogen) atoms. The van der Waals surface area contributed by atoms with E-state index in [1.54, 1.807) is 37.5 Å². The molecule has 0 atom stereocenters. The molecule has 6 heteroatoms. The number of nitrogens with zero attached hydrogens (tertiary/aromatic N) is 1. The molecule has 0 fully saturated rings. The summed E-state index contributed by atoms with van der Waals surface area (Å²) in [5.41, 5.74) is 0.805. The Morgan fingerprint density at radius 2 is 1.87 bits per heavy atom. The first-order chi connectivity index (χ1) is 11.1. The van der Waals surface area contributed by atoms with Crippen molar-refractivity contribution in [1.29, 1.82) is 0 Å². The van der Waals surface area contributed by atoms with Gasteiger partial charge in [-0.15, -0.1) is 0 Å². The second-order valence-corrected chi connectivity index (χ2v) is 4.85. The van der Waals surface area contributed by atoms with Crippen molar-refractivity contribution in [1.82, 2.24) is 0 Å². The molecule has 1 aromatic carbocycles. The lowest BCUT2D eigenvalue weighted by molar-refractivity contribution is -0.129. The second-order valence-electron chi connectivity index (χ2n) is 4.85. The highest BCUT2D eigenvalue weighted by Crippen LogP contribution is 2.29. The highest BCUT2D eigenvalue weighted by Gasteiger charge is 2.25. The normalized spacial score (nSPS) is 15.5. The summed E-state index contributed by atoms with van der Waals surface area (Å²) in [4.78, 5) is 16.2. The predicted octanol–water partition coefficient (Wildman–Crippen LogP) is 2.95. The van der Waals surface area contributed by atoms with E-state index in [1.165, 1.54) is 7.11 Å². The van der Waals surface area contributed by atoms with Crippen LogP contribution in [-0.2, 0) is 9.53 Å². The van der Waals surface area contributed by atoms with Crippen LogP contribution >= 0.6 is 0 Å². The molecule has 118 valence electrons. The van der Waals surface area contributed by atoms with Crippen molar-refractivity contribution in [2.75, 3.05) is 14.2 Å². The SMILES string of the molecule is COc1ccc(C2=N/C(=C\c3ccc(C)o3)C(=O)O2)cc1OC. The molecule has 0 bridgehead atoms. The summed E-state index contributed by atoms with van der Waals surface area (Å²) >= 11 is 0. The van der Waals surface area contributed by atoms with Gasteiger partial charge < -0.3 is 18.6 Å². The summed E-state index contributed by atoms with van der Waals surface area (Å²) in [7, 11) is 3.09. The van der Waals surface area contributed by atoms with Gasteiger partial charge in [-0.05, 0) is 37.3 Å². The molecule has 6 nitrogen and oxygen atoms in total. The molecule has 1 aromatic heterocycles. The number of carbonyl (C=O) groups excluding carboxylic acids is 1. The number of aliphatic imine (C=N–C) groups is 1. The Hall–Kier alpha value is -3.02. The van der Waals surface area contributed by atoms with Gasteiger partial charge in [0.2, 0.25) is 5.90 Å². The Kier molecular flexibility index (Phi) is 3.89. The van der Waals surface area contributed by atoms with E-state index in [4.69, 9.17) is 18.6 Å². The zero-order chi connectivity index (χ0) is 16.4. The molecule has 0 saturated carbocycles. The largest absolute Gasteiger partial charge is 0.493 e. The molecule has 1 aliphatic rings. The molecular weight excluding hydrogens is 298 g/mol. The van der Waals surface area contributed by atoms with Gasteiger partial charge in [0.05, 0.1) is 14.2 Å². The van der Waals surface area contributed by atoms with Gasteiger partial charge in [0.1, 0.15) is 11.5 Å². The maximum atomic E-state index is 11.9. The van der Waals surface area contributed by atoms with E-state index in [0.29, 0.717) is 22.8 Å². The minimum absolute atomic E-state index is 0.184. The van der Waals surface area contributed by atoms with Crippen LogP contribution in [0.1, 0.15) is 17.1 Å². The zero-order valence-electron chi connectivity index (χ0n) is 13.0. The van der Waals surface area contributed by atoms with E-state index in [0.717, 1.165) is 5.76 Å². The van der Waals surface area contributed by atoms with Gasteiger partial charge in [0.15, 0.2) is 17.2 Å². The number of ether oxygens (including phenoxy) is 3. The maximum absolute atomic E-state index is 11.9. The third-order valence-corrected chi connectivity index (χ3v) is 3.29. The molecule has 0 N–H and O–H groups in total. The number of aryl methyl sites for hydroxylation is 1. The van der Waals surface area contributed by atoms with Crippen LogP contribution in [0.25, 0.3) is 6.08 Å². The van der Waals surface area contributed by atoms with Gasteiger partial charge in [-0.2, -0.15) is 0 Å². The number of carbonyl (C=O) groups is 1. The molecule has 3 rings (SSSR count). The lowest BCUT2D eigenvalue weighted by Gasteiger charge is -2.08. The van der Waals surface area contributed by atoms with Crippen LogP contribution in [0.15, 0.2) is 45.4 Å². The first-order valence-corrected chi connectivity index (χ1v) is 6.92. The summed E-state index contributed by atoms with van der Waals surface area (Å²) in [6.07, 6.45) is 1.54. The van der Waals surface area contributed by atoms with Gasteiger partial charge in [-0.3, -0.25) is 0 Å². The van der Waals surface area contributed by atoms with Crippen molar-refractivity contribution >= 4 is 17.9 Å². The highest BCUT2D eigenvalue weighted by molar-refractivity contribution is 6.12. The first kappa shape index (κ1) is 14.9. The van der Waals surface area contributed by atoms with E-state index in [2.05, 4.69) is 4.99 Å². The zero-order valence-corrected chi connectivity index (χ0v) is 13.0. The number of hydrogen-bond acceptors (Lipinski definition) is 6. The smallest absolute Gasteiger partial charge is 0.363 e. The number of hydrogen-bond donors (Lipinski definition) is 0. The van der Waals surface area contributed by atoms with Crippen LogP contribution in [0.4, 0.5) is 0 Å². The Bertz CT molecular complexity index is 816. The summed E-state index contributed by atoms with van der Waals surface area (Å²) < 4.78 is 21.0.